The number of hydrogen-bond acceptors (Lipinski definition) is 7. The number of aromatic amines is 2. The largest absolute Gasteiger partial charge is 0.465 e. The lowest BCUT2D eigenvalue weighted by Crippen LogP contribution is -2.51. The van der Waals surface area contributed by atoms with E-state index in [0.717, 1.165) is 80.6 Å². The number of imidazole rings is 2. The van der Waals surface area contributed by atoms with Crippen molar-refractivity contribution in [3.05, 3.63) is 72.4 Å². The summed E-state index contributed by atoms with van der Waals surface area (Å²) in [4.78, 5) is 72.2. The first-order valence-corrected chi connectivity index (χ1v) is 19.3. The second kappa shape index (κ2) is 15.7. The van der Waals surface area contributed by atoms with E-state index in [1.165, 1.54) is 14.2 Å². The Kier molecular flexibility index (Phi) is 10.7. The minimum Gasteiger partial charge on any atom is -0.465 e. The van der Waals surface area contributed by atoms with Crippen molar-refractivity contribution in [2.24, 2.45) is 11.8 Å². The number of carbonyl (C=O) groups excluding carboxylic acids is 3. The number of amides is 4. The average molecular weight is 763 g/mol. The van der Waals surface area contributed by atoms with E-state index in [1.54, 1.807) is 11.1 Å². The van der Waals surface area contributed by atoms with Gasteiger partial charge in [0.1, 0.15) is 23.7 Å². The molecule has 14 nitrogen and oxygen atoms in total. The van der Waals surface area contributed by atoms with E-state index in [4.69, 9.17) is 14.7 Å². The van der Waals surface area contributed by atoms with Gasteiger partial charge in [0.15, 0.2) is 0 Å². The summed E-state index contributed by atoms with van der Waals surface area (Å²) >= 11 is 0. The topological polar surface area (TPSA) is 177 Å². The van der Waals surface area contributed by atoms with Crippen molar-refractivity contribution in [1.29, 1.82) is 0 Å². The van der Waals surface area contributed by atoms with Gasteiger partial charge in [-0.1, -0.05) is 58.0 Å². The van der Waals surface area contributed by atoms with Gasteiger partial charge in [-0.3, -0.25) is 14.5 Å². The average Bonchev–Trinajstić information content (AvgIpc) is 4.01. The molecule has 2 unspecified atom stereocenters. The molecule has 0 aliphatic carbocycles. The van der Waals surface area contributed by atoms with Gasteiger partial charge >= 0.3 is 12.2 Å². The van der Waals surface area contributed by atoms with Gasteiger partial charge < -0.3 is 34.9 Å². The van der Waals surface area contributed by atoms with Crippen molar-refractivity contribution in [1.82, 2.24) is 40.0 Å². The Morgan fingerprint density at radius 2 is 1.43 bits per heavy atom. The smallest absolute Gasteiger partial charge is 0.407 e. The molecule has 2 saturated heterocycles. The number of carbonyl (C=O) groups is 4. The molecular formula is C42H50N8O6. The fourth-order valence-corrected chi connectivity index (χ4v) is 8.31. The highest BCUT2D eigenvalue weighted by molar-refractivity contribution is 5.92. The molecule has 2 fully saturated rings. The number of alkyl carbamates (subject to hydrolysis) is 1. The molecule has 14 heteroatoms. The summed E-state index contributed by atoms with van der Waals surface area (Å²) in [5.41, 5.74) is 5.60. The molecule has 4 heterocycles. The van der Waals surface area contributed by atoms with Gasteiger partial charge in [0.05, 0.1) is 42.1 Å². The summed E-state index contributed by atoms with van der Waals surface area (Å²) in [6.45, 7) is 8.67. The van der Waals surface area contributed by atoms with Crippen molar-refractivity contribution >= 4 is 45.8 Å². The Morgan fingerprint density at radius 3 is 2.07 bits per heavy atom. The number of ether oxygens (including phenoxy) is 1. The van der Waals surface area contributed by atoms with E-state index in [2.05, 4.69) is 63.8 Å². The summed E-state index contributed by atoms with van der Waals surface area (Å²) in [6.07, 6.45) is 3.23. The van der Waals surface area contributed by atoms with Crippen molar-refractivity contribution in [3.8, 4) is 22.4 Å². The van der Waals surface area contributed by atoms with Crippen LogP contribution in [0.2, 0.25) is 0 Å². The summed E-state index contributed by atoms with van der Waals surface area (Å²) in [5, 5.41) is 14.5. The molecule has 4 N–H and O–H groups in total. The van der Waals surface area contributed by atoms with Gasteiger partial charge in [0.25, 0.3) is 0 Å². The van der Waals surface area contributed by atoms with Crippen LogP contribution in [0.25, 0.3) is 44.2 Å². The molecule has 4 atom stereocenters. The summed E-state index contributed by atoms with van der Waals surface area (Å²) in [7, 11) is 2.74. The fraction of sp³-hybridized carbons (Fsp3) is 0.429. The van der Waals surface area contributed by atoms with Crippen molar-refractivity contribution < 1.29 is 29.0 Å². The number of nitrogens with zero attached hydrogens (tertiary/aromatic N) is 5. The van der Waals surface area contributed by atoms with Crippen molar-refractivity contribution in [3.63, 3.8) is 0 Å². The maximum Gasteiger partial charge on any atom is 0.407 e. The van der Waals surface area contributed by atoms with Crippen LogP contribution in [0.3, 0.4) is 0 Å². The van der Waals surface area contributed by atoms with Crippen molar-refractivity contribution in [2.75, 3.05) is 27.2 Å². The Morgan fingerprint density at radius 1 is 0.821 bits per heavy atom. The number of benzene rings is 3. The molecule has 294 valence electrons. The van der Waals surface area contributed by atoms with Gasteiger partial charge in [-0.15, -0.1) is 0 Å². The molecule has 4 amide bonds. The molecule has 56 heavy (non-hydrogen) atoms. The highest BCUT2D eigenvalue weighted by atomic mass is 16.5. The summed E-state index contributed by atoms with van der Waals surface area (Å²) in [5.74, 6) is 0.801. The van der Waals surface area contributed by atoms with Crippen LogP contribution in [0.4, 0.5) is 9.59 Å². The summed E-state index contributed by atoms with van der Waals surface area (Å²) < 4.78 is 4.77. The first kappa shape index (κ1) is 38.4. The zero-order chi connectivity index (χ0) is 39.8. The third-order valence-corrected chi connectivity index (χ3v) is 11.3. The lowest BCUT2D eigenvalue weighted by atomic mass is 9.99. The number of aromatic nitrogens is 4. The molecule has 2 aromatic heterocycles. The normalized spacial score (nSPS) is 18.2. The molecule has 0 spiro atoms. The molecular weight excluding hydrogens is 713 g/mol. The van der Waals surface area contributed by atoms with E-state index in [9.17, 15) is 24.3 Å². The fourth-order valence-electron chi connectivity index (χ4n) is 8.31. The lowest BCUT2D eigenvalue weighted by Gasteiger charge is -2.33. The van der Waals surface area contributed by atoms with E-state index in [0.29, 0.717) is 18.9 Å². The number of carboxylic acid groups (broad SMARTS) is 1. The van der Waals surface area contributed by atoms with E-state index in [1.807, 2.05) is 38.7 Å². The Labute approximate surface area is 325 Å². The zero-order valence-electron chi connectivity index (χ0n) is 32.7. The molecule has 5 aromatic rings. The second-order valence-corrected chi connectivity index (χ2v) is 15.6. The molecule has 3 aromatic carbocycles. The molecule has 2 aliphatic rings. The molecule has 7 rings (SSSR count). The third-order valence-electron chi connectivity index (χ3n) is 11.3. The number of methoxy groups -OCH3 is 1. The van der Waals surface area contributed by atoms with Crippen LogP contribution in [0.1, 0.15) is 77.1 Å². The molecule has 0 saturated carbocycles. The maximum absolute atomic E-state index is 13.6. The molecule has 0 bridgehead atoms. The zero-order valence-corrected chi connectivity index (χ0v) is 32.7. The number of likely N-dealkylation sites (tertiary alicyclic amines) is 2. The first-order chi connectivity index (χ1) is 26.8. The Hall–Kier alpha value is -5.92. The summed E-state index contributed by atoms with van der Waals surface area (Å²) in [6, 6.07) is 16.8. The van der Waals surface area contributed by atoms with Crippen LogP contribution in [0, 0.1) is 11.8 Å². The first-order valence-electron chi connectivity index (χ1n) is 19.3. The van der Waals surface area contributed by atoms with Gasteiger partial charge in [-0.25, -0.2) is 19.6 Å². The lowest BCUT2D eigenvalue weighted by molar-refractivity contribution is -0.138. The standard InChI is InChI=1S/C42H50N8O6/c1-23(2)35(47-41(53)56-6)39(51)49-17-8-10-34(49)38-44-30-16-15-28(21-31(30)45-38)26-11-12-27-20-29(14-13-25(27)19-26)32-22-43-37(46-32)33-9-7-18-50(33)40(52)36(24(3)4)48(5)42(54)55/h11-16,19-24,33-36H,7-10,17-18H2,1-6H3,(H,43,46)(H,44,45)(H,47,53)(H,54,55)/t33-,34?,35?,36-/m0/s1. The van der Waals surface area contributed by atoms with Crippen LogP contribution in [0.5, 0.6) is 0 Å². The van der Waals surface area contributed by atoms with Gasteiger partial charge in [0.2, 0.25) is 11.8 Å². The Bertz CT molecular complexity index is 2280. The van der Waals surface area contributed by atoms with Crippen LogP contribution in [-0.4, -0.2) is 103 Å². The predicted molar refractivity (Wildman–Crippen MR) is 213 cm³/mol. The van der Waals surface area contributed by atoms with Gasteiger partial charge in [-0.05, 0) is 83.7 Å². The van der Waals surface area contributed by atoms with E-state index in [-0.39, 0.29) is 35.7 Å². The number of nitrogens with one attached hydrogen (secondary N) is 3. The minimum absolute atomic E-state index is 0.112. The van der Waals surface area contributed by atoms with Crippen LogP contribution in [-0.2, 0) is 14.3 Å². The third kappa shape index (κ3) is 7.39. The van der Waals surface area contributed by atoms with Crippen LogP contribution >= 0.6 is 0 Å². The maximum atomic E-state index is 13.6. The SMILES string of the molecule is COC(=O)NC(C(=O)N1CCCC1c1nc2ccc(-c3ccc4cc(-c5cnc([C@@H]6CCCN6C(=O)[C@H](C(C)C)N(C)C(=O)O)[nH]5)ccc4c3)cc2[nH]1)C(C)C. The number of rotatable bonds is 10. The van der Waals surface area contributed by atoms with Crippen LogP contribution in [0.15, 0.2) is 60.8 Å². The monoisotopic (exact) mass is 762 g/mol. The van der Waals surface area contributed by atoms with Gasteiger partial charge in [-0.2, -0.15) is 0 Å². The highest BCUT2D eigenvalue weighted by Crippen LogP contribution is 2.36. The minimum atomic E-state index is -1.12. The van der Waals surface area contributed by atoms with E-state index >= 15 is 0 Å². The number of H-pyrrole nitrogens is 2. The second-order valence-electron chi connectivity index (χ2n) is 15.6. The quantitative estimate of drug-likeness (QED) is 0.116. The molecule has 2 aliphatic heterocycles. The van der Waals surface area contributed by atoms with Crippen molar-refractivity contribution in [2.45, 2.75) is 77.5 Å². The number of fused-ring (bicyclic) bond motifs is 2. The predicted octanol–water partition coefficient (Wildman–Crippen LogP) is 7.12. The van der Waals surface area contributed by atoms with E-state index < -0.39 is 24.3 Å². The molecule has 0 radical (unpaired) electrons. The van der Waals surface area contributed by atoms with Gasteiger partial charge in [0, 0.05) is 25.7 Å². The number of likely N-dealkylation sites (N-methyl/N-ethyl adjacent to an activating group) is 1. The highest BCUT2D eigenvalue weighted by Gasteiger charge is 2.40. The number of hydrogen-bond donors (Lipinski definition) is 4. The Balaban J connectivity index is 1.08. The van der Waals surface area contributed by atoms with Crippen LogP contribution < -0.4 is 5.32 Å².